The molecule has 3 N–H and O–H groups in total. The molecule has 0 saturated heterocycles. The Morgan fingerprint density at radius 1 is 1.38 bits per heavy atom. The van der Waals surface area contributed by atoms with Crippen molar-refractivity contribution in [2.75, 3.05) is 5.73 Å². The first-order chi connectivity index (χ1) is 10.1. The SMILES string of the molecule is CCc1ccc(OC(C)C(=O)NC2CCCCC2)c(N)c1. The maximum atomic E-state index is 12.2. The molecule has 1 aromatic rings. The van der Waals surface area contributed by atoms with Gasteiger partial charge in [-0.2, -0.15) is 0 Å². The molecule has 0 aliphatic heterocycles. The zero-order chi connectivity index (χ0) is 15.2. The molecule has 1 aliphatic rings. The van der Waals surface area contributed by atoms with Gasteiger partial charge in [0.25, 0.3) is 5.91 Å². The number of nitrogen functional groups attached to an aromatic ring is 1. The molecule has 0 spiro atoms. The number of rotatable bonds is 5. The van der Waals surface area contributed by atoms with Crippen molar-refractivity contribution < 1.29 is 9.53 Å². The number of amides is 1. The van der Waals surface area contributed by atoms with E-state index in [0.29, 0.717) is 17.5 Å². The summed E-state index contributed by atoms with van der Waals surface area (Å²) < 4.78 is 5.71. The van der Waals surface area contributed by atoms with Gasteiger partial charge in [0.05, 0.1) is 5.69 Å². The molecule has 4 nitrogen and oxygen atoms in total. The highest BCUT2D eigenvalue weighted by Gasteiger charge is 2.21. The summed E-state index contributed by atoms with van der Waals surface area (Å²) in [5.74, 6) is 0.527. The number of nitrogens with one attached hydrogen (secondary N) is 1. The summed E-state index contributed by atoms with van der Waals surface area (Å²) in [5, 5.41) is 3.08. The Morgan fingerprint density at radius 3 is 2.71 bits per heavy atom. The molecule has 0 aromatic heterocycles. The Morgan fingerprint density at radius 2 is 2.10 bits per heavy atom. The van der Waals surface area contributed by atoms with Crippen LogP contribution in [0.2, 0.25) is 0 Å². The number of aryl methyl sites for hydroxylation is 1. The second-order valence-corrected chi connectivity index (χ2v) is 5.83. The minimum absolute atomic E-state index is 0.0548. The van der Waals surface area contributed by atoms with Gasteiger partial charge < -0.3 is 15.8 Å². The molecule has 1 atom stereocenters. The van der Waals surface area contributed by atoms with E-state index in [2.05, 4.69) is 12.2 Å². The van der Waals surface area contributed by atoms with Crippen LogP contribution in [0.5, 0.6) is 5.75 Å². The van der Waals surface area contributed by atoms with E-state index in [0.717, 1.165) is 19.3 Å². The third kappa shape index (κ3) is 4.38. The Bertz CT molecular complexity index is 482. The molecule has 1 saturated carbocycles. The normalized spacial score (nSPS) is 17.2. The summed E-state index contributed by atoms with van der Waals surface area (Å²) in [6, 6.07) is 6.04. The first-order valence-electron chi connectivity index (χ1n) is 7.95. The predicted octanol–water partition coefficient (Wildman–Crippen LogP) is 3.05. The van der Waals surface area contributed by atoms with Crippen LogP contribution in [0.25, 0.3) is 0 Å². The van der Waals surface area contributed by atoms with Crippen molar-refractivity contribution in [2.45, 2.75) is 64.5 Å². The van der Waals surface area contributed by atoms with Crippen LogP contribution in [0, 0.1) is 0 Å². The topological polar surface area (TPSA) is 64.3 Å². The number of anilines is 1. The fourth-order valence-electron chi connectivity index (χ4n) is 2.73. The number of carbonyl (C=O) groups excluding carboxylic acids is 1. The van der Waals surface area contributed by atoms with E-state index in [9.17, 15) is 4.79 Å². The lowest BCUT2D eigenvalue weighted by atomic mass is 9.95. The molecule has 4 heteroatoms. The molecule has 1 amide bonds. The number of carbonyl (C=O) groups is 1. The molecule has 1 aliphatic carbocycles. The van der Waals surface area contributed by atoms with E-state index in [1.165, 1.54) is 24.8 Å². The molecule has 0 bridgehead atoms. The minimum atomic E-state index is -0.526. The average molecular weight is 290 g/mol. The fourth-order valence-corrected chi connectivity index (χ4v) is 2.73. The van der Waals surface area contributed by atoms with Gasteiger partial charge in [-0.1, -0.05) is 32.3 Å². The maximum absolute atomic E-state index is 12.2. The lowest BCUT2D eigenvalue weighted by Gasteiger charge is -2.25. The van der Waals surface area contributed by atoms with Crippen LogP contribution < -0.4 is 15.8 Å². The number of nitrogens with two attached hydrogens (primary N) is 1. The lowest BCUT2D eigenvalue weighted by molar-refractivity contribution is -0.128. The van der Waals surface area contributed by atoms with Crippen LogP contribution in [-0.4, -0.2) is 18.1 Å². The summed E-state index contributed by atoms with van der Waals surface area (Å²) >= 11 is 0. The zero-order valence-corrected chi connectivity index (χ0v) is 13.0. The Kier molecular flexibility index (Phi) is 5.48. The van der Waals surface area contributed by atoms with Gasteiger partial charge in [0.15, 0.2) is 6.10 Å². The van der Waals surface area contributed by atoms with E-state index in [-0.39, 0.29) is 5.91 Å². The van der Waals surface area contributed by atoms with Crippen LogP contribution in [-0.2, 0) is 11.2 Å². The van der Waals surface area contributed by atoms with Crippen molar-refractivity contribution in [2.24, 2.45) is 0 Å². The number of benzene rings is 1. The van der Waals surface area contributed by atoms with Crippen molar-refractivity contribution in [3.63, 3.8) is 0 Å². The molecule has 116 valence electrons. The van der Waals surface area contributed by atoms with E-state index in [1.807, 2.05) is 18.2 Å². The number of hydrogen-bond donors (Lipinski definition) is 2. The van der Waals surface area contributed by atoms with Gasteiger partial charge in [-0.3, -0.25) is 4.79 Å². The summed E-state index contributed by atoms with van der Waals surface area (Å²) in [6.45, 7) is 3.85. The molecule has 1 aromatic carbocycles. The van der Waals surface area contributed by atoms with Crippen LogP contribution >= 0.6 is 0 Å². The van der Waals surface area contributed by atoms with Crippen molar-refractivity contribution in [3.05, 3.63) is 23.8 Å². The largest absolute Gasteiger partial charge is 0.479 e. The monoisotopic (exact) mass is 290 g/mol. The Balaban J connectivity index is 1.90. The van der Waals surface area contributed by atoms with Gasteiger partial charge in [-0.15, -0.1) is 0 Å². The summed E-state index contributed by atoms with van der Waals surface area (Å²) in [7, 11) is 0. The Hall–Kier alpha value is -1.71. The maximum Gasteiger partial charge on any atom is 0.260 e. The van der Waals surface area contributed by atoms with Gasteiger partial charge in [-0.05, 0) is 43.9 Å². The first kappa shape index (κ1) is 15.7. The number of ether oxygens (including phenoxy) is 1. The third-order valence-corrected chi connectivity index (χ3v) is 4.11. The highest BCUT2D eigenvalue weighted by molar-refractivity contribution is 5.81. The fraction of sp³-hybridized carbons (Fsp3) is 0.588. The molecule has 1 fully saturated rings. The molecule has 1 unspecified atom stereocenters. The van der Waals surface area contributed by atoms with Crippen LogP contribution in [0.3, 0.4) is 0 Å². The predicted molar refractivity (Wildman–Crippen MR) is 85.3 cm³/mol. The van der Waals surface area contributed by atoms with Crippen molar-refractivity contribution in [1.29, 1.82) is 0 Å². The van der Waals surface area contributed by atoms with Gasteiger partial charge in [0.2, 0.25) is 0 Å². The quantitative estimate of drug-likeness (QED) is 0.819. The minimum Gasteiger partial charge on any atom is -0.479 e. The van der Waals surface area contributed by atoms with Gasteiger partial charge in [-0.25, -0.2) is 0 Å². The smallest absolute Gasteiger partial charge is 0.260 e. The van der Waals surface area contributed by atoms with E-state index >= 15 is 0 Å². The second kappa shape index (κ2) is 7.34. The molecule has 21 heavy (non-hydrogen) atoms. The molecule has 0 heterocycles. The number of hydrogen-bond acceptors (Lipinski definition) is 3. The zero-order valence-electron chi connectivity index (χ0n) is 13.0. The molecule has 0 radical (unpaired) electrons. The highest BCUT2D eigenvalue weighted by Crippen LogP contribution is 2.24. The van der Waals surface area contributed by atoms with Crippen molar-refractivity contribution in [3.8, 4) is 5.75 Å². The second-order valence-electron chi connectivity index (χ2n) is 5.83. The summed E-state index contributed by atoms with van der Waals surface area (Å²) in [4.78, 5) is 12.2. The highest BCUT2D eigenvalue weighted by atomic mass is 16.5. The van der Waals surface area contributed by atoms with Crippen molar-refractivity contribution >= 4 is 11.6 Å². The van der Waals surface area contributed by atoms with Crippen LogP contribution in [0.15, 0.2) is 18.2 Å². The van der Waals surface area contributed by atoms with Gasteiger partial charge in [0.1, 0.15) is 5.75 Å². The van der Waals surface area contributed by atoms with Crippen molar-refractivity contribution in [1.82, 2.24) is 5.32 Å². The third-order valence-electron chi connectivity index (χ3n) is 4.11. The van der Waals surface area contributed by atoms with E-state index < -0.39 is 6.10 Å². The molecular formula is C17H26N2O2. The summed E-state index contributed by atoms with van der Waals surface area (Å²) in [6.07, 6.45) is 6.23. The first-order valence-corrected chi connectivity index (χ1v) is 7.95. The lowest BCUT2D eigenvalue weighted by Crippen LogP contribution is -2.43. The summed E-state index contributed by atoms with van der Waals surface area (Å²) in [5.41, 5.74) is 7.73. The van der Waals surface area contributed by atoms with E-state index in [4.69, 9.17) is 10.5 Å². The average Bonchev–Trinajstić information content (AvgIpc) is 2.50. The van der Waals surface area contributed by atoms with Gasteiger partial charge >= 0.3 is 0 Å². The Labute approximate surface area is 127 Å². The van der Waals surface area contributed by atoms with Crippen LogP contribution in [0.4, 0.5) is 5.69 Å². The van der Waals surface area contributed by atoms with Crippen LogP contribution in [0.1, 0.15) is 51.5 Å². The molecular weight excluding hydrogens is 264 g/mol. The van der Waals surface area contributed by atoms with E-state index in [1.54, 1.807) is 6.92 Å². The van der Waals surface area contributed by atoms with Gasteiger partial charge in [0, 0.05) is 6.04 Å². The standard InChI is InChI=1S/C17H26N2O2/c1-3-13-9-10-16(15(18)11-13)21-12(2)17(20)19-14-7-5-4-6-8-14/h9-12,14H,3-8,18H2,1-2H3,(H,19,20). The molecule has 2 rings (SSSR count).